The molecule has 0 saturated heterocycles. The van der Waals surface area contributed by atoms with E-state index in [-0.39, 0.29) is 5.82 Å². The van der Waals surface area contributed by atoms with Crippen molar-refractivity contribution in [2.75, 3.05) is 13.2 Å². The van der Waals surface area contributed by atoms with Crippen LogP contribution >= 0.6 is 0 Å². The van der Waals surface area contributed by atoms with E-state index in [1.807, 2.05) is 19.9 Å². The Morgan fingerprint density at radius 1 is 1.39 bits per heavy atom. The van der Waals surface area contributed by atoms with Crippen LogP contribution in [0.25, 0.3) is 0 Å². The van der Waals surface area contributed by atoms with Crippen molar-refractivity contribution in [1.82, 2.24) is 5.32 Å². The van der Waals surface area contributed by atoms with Crippen LogP contribution in [0.3, 0.4) is 0 Å². The molecule has 0 atom stereocenters. The standard InChI is InChI=1S/C15H22FNO/c1-4-8-17-11-13-10-14(16)5-6-15(13)18-9-7-12(2)3/h5-7,10,17H,4,8-9,11H2,1-3H3. The molecule has 2 nitrogen and oxygen atoms in total. The quantitative estimate of drug-likeness (QED) is 0.589. The Bertz CT molecular complexity index is 397. The summed E-state index contributed by atoms with van der Waals surface area (Å²) in [4.78, 5) is 0. The van der Waals surface area contributed by atoms with Gasteiger partial charge in [-0.3, -0.25) is 0 Å². The first-order valence-corrected chi connectivity index (χ1v) is 6.38. The SMILES string of the molecule is CCCNCc1cc(F)ccc1OCC=C(C)C. The van der Waals surface area contributed by atoms with Gasteiger partial charge in [-0.05, 0) is 51.1 Å². The van der Waals surface area contributed by atoms with Gasteiger partial charge in [0.1, 0.15) is 18.2 Å². The third-order valence-electron chi connectivity index (χ3n) is 2.50. The second-order valence-corrected chi connectivity index (χ2v) is 4.52. The highest BCUT2D eigenvalue weighted by Gasteiger charge is 2.04. The Morgan fingerprint density at radius 3 is 2.83 bits per heavy atom. The second kappa shape index (κ2) is 7.88. The molecule has 0 aromatic heterocycles. The van der Waals surface area contributed by atoms with Crippen molar-refractivity contribution >= 4 is 0 Å². The lowest BCUT2D eigenvalue weighted by molar-refractivity contribution is 0.355. The minimum absolute atomic E-state index is 0.224. The summed E-state index contributed by atoms with van der Waals surface area (Å²) < 4.78 is 18.9. The monoisotopic (exact) mass is 251 g/mol. The van der Waals surface area contributed by atoms with Crippen LogP contribution in [0, 0.1) is 5.82 Å². The number of rotatable bonds is 7. The van der Waals surface area contributed by atoms with Gasteiger partial charge in [0.2, 0.25) is 0 Å². The molecule has 0 heterocycles. The number of nitrogens with one attached hydrogen (secondary N) is 1. The lowest BCUT2D eigenvalue weighted by atomic mass is 10.2. The molecular formula is C15H22FNO. The van der Waals surface area contributed by atoms with Crippen LogP contribution < -0.4 is 10.1 Å². The molecule has 100 valence electrons. The molecule has 0 saturated carbocycles. The van der Waals surface area contributed by atoms with E-state index < -0.39 is 0 Å². The van der Waals surface area contributed by atoms with Crippen LogP contribution in [0.2, 0.25) is 0 Å². The number of benzene rings is 1. The summed E-state index contributed by atoms with van der Waals surface area (Å²) in [6, 6.07) is 4.65. The van der Waals surface area contributed by atoms with Crippen LogP contribution in [-0.4, -0.2) is 13.2 Å². The highest BCUT2D eigenvalue weighted by atomic mass is 19.1. The van der Waals surface area contributed by atoms with Gasteiger partial charge in [-0.1, -0.05) is 12.5 Å². The molecule has 0 aliphatic heterocycles. The van der Waals surface area contributed by atoms with Crippen LogP contribution in [0.15, 0.2) is 29.8 Å². The highest BCUT2D eigenvalue weighted by molar-refractivity contribution is 5.34. The topological polar surface area (TPSA) is 21.3 Å². The largest absolute Gasteiger partial charge is 0.489 e. The molecule has 0 aliphatic rings. The molecular weight excluding hydrogens is 229 g/mol. The number of hydrogen-bond donors (Lipinski definition) is 1. The molecule has 0 spiro atoms. The molecule has 1 rings (SSSR count). The van der Waals surface area contributed by atoms with Crippen molar-refractivity contribution in [1.29, 1.82) is 0 Å². The van der Waals surface area contributed by atoms with Crippen molar-refractivity contribution in [2.45, 2.75) is 33.7 Å². The molecule has 0 aliphatic carbocycles. The van der Waals surface area contributed by atoms with Gasteiger partial charge < -0.3 is 10.1 Å². The fourth-order valence-electron chi connectivity index (χ4n) is 1.52. The average Bonchev–Trinajstić information content (AvgIpc) is 2.32. The Kier molecular flexibility index (Phi) is 6.44. The molecule has 0 radical (unpaired) electrons. The molecule has 0 amide bonds. The van der Waals surface area contributed by atoms with Crippen molar-refractivity contribution < 1.29 is 9.13 Å². The Morgan fingerprint density at radius 2 is 2.17 bits per heavy atom. The van der Waals surface area contributed by atoms with E-state index in [0.29, 0.717) is 13.2 Å². The van der Waals surface area contributed by atoms with Gasteiger partial charge in [-0.15, -0.1) is 0 Å². The number of halogens is 1. The van der Waals surface area contributed by atoms with E-state index in [2.05, 4.69) is 12.2 Å². The number of hydrogen-bond acceptors (Lipinski definition) is 2. The lowest BCUT2D eigenvalue weighted by Gasteiger charge is -2.11. The Labute approximate surface area is 109 Å². The molecule has 3 heteroatoms. The van der Waals surface area contributed by atoms with Crippen molar-refractivity contribution in [3.8, 4) is 5.75 Å². The fourth-order valence-corrected chi connectivity index (χ4v) is 1.52. The average molecular weight is 251 g/mol. The maximum Gasteiger partial charge on any atom is 0.124 e. The molecule has 0 unspecified atom stereocenters. The van der Waals surface area contributed by atoms with E-state index in [9.17, 15) is 4.39 Å². The molecule has 0 fully saturated rings. The third-order valence-corrected chi connectivity index (χ3v) is 2.50. The zero-order chi connectivity index (χ0) is 13.4. The van der Waals surface area contributed by atoms with Gasteiger partial charge in [0.05, 0.1) is 0 Å². The number of ether oxygens (including phenoxy) is 1. The molecule has 0 bridgehead atoms. The summed E-state index contributed by atoms with van der Waals surface area (Å²) in [5, 5.41) is 3.26. The van der Waals surface area contributed by atoms with E-state index in [1.54, 1.807) is 6.07 Å². The first-order valence-electron chi connectivity index (χ1n) is 6.38. The zero-order valence-corrected chi connectivity index (χ0v) is 11.4. The van der Waals surface area contributed by atoms with Crippen molar-refractivity contribution in [3.63, 3.8) is 0 Å². The maximum atomic E-state index is 13.2. The van der Waals surface area contributed by atoms with Gasteiger partial charge in [0, 0.05) is 12.1 Å². The van der Waals surface area contributed by atoms with Crippen molar-refractivity contribution in [2.24, 2.45) is 0 Å². The minimum atomic E-state index is -0.224. The Balaban J connectivity index is 2.66. The van der Waals surface area contributed by atoms with E-state index >= 15 is 0 Å². The minimum Gasteiger partial charge on any atom is -0.489 e. The number of allylic oxidation sites excluding steroid dienone is 1. The third kappa shape index (κ3) is 5.32. The normalized spacial score (nSPS) is 10.2. The van der Waals surface area contributed by atoms with Gasteiger partial charge in [-0.25, -0.2) is 4.39 Å². The molecule has 18 heavy (non-hydrogen) atoms. The second-order valence-electron chi connectivity index (χ2n) is 4.52. The predicted octanol–water partition coefficient (Wildman–Crippen LogP) is 3.67. The van der Waals surface area contributed by atoms with E-state index in [0.717, 1.165) is 24.3 Å². The predicted molar refractivity (Wildman–Crippen MR) is 73.3 cm³/mol. The lowest BCUT2D eigenvalue weighted by Crippen LogP contribution is -2.15. The zero-order valence-electron chi connectivity index (χ0n) is 11.4. The van der Waals surface area contributed by atoms with Crippen LogP contribution in [0.4, 0.5) is 4.39 Å². The van der Waals surface area contributed by atoms with Crippen molar-refractivity contribution in [3.05, 3.63) is 41.2 Å². The van der Waals surface area contributed by atoms with Gasteiger partial charge in [0.25, 0.3) is 0 Å². The fraction of sp³-hybridized carbons (Fsp3) is 0.467. The van der Waals surface area contributed by atoms with E-state index in [4.69, 9.17) is 4.74 Å². The van der Waals surface area contributed by atoms with Crippen LogP contribution in [-0.2, 0) is 6.54 Å². The summed E-state index contributed by atoms with van der Waals surface area (Å²) in [5.41, 5.74) is 2.08. The molecule has 1 aromatic carbocycles. The smallest absolute Gasteiger partial charge is 0.124 e. The summed E-state index contributed by atoms with van der Waals surface area (Å²) in [5.74, 6) is 0.523. The summed E-state index contributed by atoms with van der Waals surface area (Å²) in [6.45, 7) is 8.23. The van der Waals surface area contributed by atoms with Crippen LogP contribution in [0.5, 0.6) is 5.75 Å². The van der Waals surface area contributed by atoms with Gasteiger partial charge in [0.15, 0.2) is 0 Å². The maximum absolute atomic E-state index is 13.2. The highest BCUT2D eigenvalue weighted by Crippen LogP contribution is 2.19. The molecule has 1 aromatic rings. The molecule has 1 N–H and O–H groups in total. The summed E-state index contributed by atoms with van der Waals surface area (Å²) in [7, 11) is 0. The summed E-state index contributed by atoms with van der Waals surface area (Å²) in [6.07, 6.45) is 3.07. The van der Waals surface area contributed by atoms with E-state index in [1.165, 1.54) is 17.7 Å². The van der Waals surface area contributed by atoms with Crippen LogP contribution in [0.1, 0.15) is 32.8 Å². The Hall–Kier alpha value is -1.35. The first-order chi connectivity index (χ1) is 8.63. The van der Waals surface area contributed by atoms with Gasteiger partial charge in [-0.2, -0.15) is 0 Å². The summed E-state index contributed by atoms with van der Waals surface area (Å²) >= 11 is 0. The van der Waals surface area contributed by atoms with Gasteiger partial charge >= 0.3 is 0 Å². The first kappa shape index (κ1) is 14.7.